The monoisotopic (exact) mass is 305 g/mol. The molecule has 0 radical (unpaired) electrons. The normalized spacial score (nSPS) is 19.4. The molecule has 21 heavy (non-hydrogen) atoms. The van der Waals surface area contributed by atoms with Gasteiger partial charge in [-0.1, -0.05) is 13.0 Å². The summed E-state index contributed by atoms with van der Waals surface area (Å²) in [4.78, 5) is 5.83. The van der Waals surface area contributed by atoms with Crippen LogP contribution in [0.5, 0.6) is 5.75 Å². The highest BCUT2D eigenvalue weighted by molar-refractivity contribution is 7.71. The van der Waals surface area contributed by atoms with Gasteiger partial charge in [-0.05, 0) is 56.7 Å². The van der Waals surface area contributed by atoms with E-state index in [9.17, 15) is 0 Å². The third-order valence-corrected chi connectivity index (χ3v) is 4.65. The van der Waals surface area contributed by atoms with E-state index < -0.39 is 0 Å². The van der Waals surface area contributed by atoms with E-state index in [0.717, 1.165) is 34.6 Å². The van der Waals surface area contributed by atoms with Crippen molar-refractivity contribution in [3.8, 4) is 5.75 Å². The minimum absolute atomic E-state index is 0.666. The molecule has 1 saturated heterocycles. The summed E-state index contributed by atoms with van der Waals surface area (Å²) in [6, 6.07) is 6.16. The first kappa shape index (κ1) is 14.6. The lowest BCUT2D eigenvalue weighted by Crippen LogP contribution is -2.21. The van der Waals surface area contributed by atoms with Gasteiger partial charge in [-0.2, -0.15) is 0 Å². The topological polar surface area (TPSA) is 33.2 Å². The first-order valence-electron chi connectivity index (χ1n) is 7.79. The molecule has 3 rings (SSSR count). The molecule has 0 spiro atoms. The molecule has 1 aliphatic heterocycles. The molecule has 1 fully saturated rings. The molecular formula is C16H23N3OS. The van der Waals surface area contributed by atoms with E-state index in [1.165, 1.54) is 19.5 Å². The number of H-pyrrole nitrogens is 1. The number of benzene rings is 1. The van der Waals surface area contributed by atoms with E-state index in [1.54, 1.807) is 0 Å². The van der Waals surface area contributed by atoms with Gasteiger partial charge in [-0.3, -0.25) is 0 Å². The fourth-order valence-electron chi connectivity index (χ4n) is 3.22. The summed E-state index contributed by atoms with van der Waals surface area (Å²) < 4.78 is 8.72. The molecule has 5 heteroatoms. The second kappa shape index (κ2) is 6.20. The van der Waals surface area contributed by atoms with Crippen molar-refractivity contribution < 1.29 is 4.74 Å². The van der Waals surface area contributed by atoms with Gasteiger partial charge in [-0.25, -0.2) is 0 Å². The Balaban J connectivity index is 1.90. The fourth-order valence-corrected chi connectivity index (χ4v) is 3.49. The highest BCUT2D eigenvalue weighted by Gasteiger charge is 2.22. The van der Waals surface area contributed by atoms with Gasteiger partial charge in [0.15, 0.2) is 4.77 Å². The van der Waals surface area contributed by atoms with E-state index >= 15 is 0 Å². The molecule has 0 saturated carbocycles. The number of rotatable bonds is 5. The molecule has 2 aromatic rings. The molecule has 114 valence electrons. The van der Waals surface area contributed by atoms with Crippen molar-refractivity contribution >= 4 is 23.3 Å². The van der Waals surface area contributed by atoms with Crippen LogP contribution in [0.25, 0.3) is 11.0 Å². The lowest BCUT2D eigenvalue weighted by molar-refractivity contribution is 0.333. The molecular weight excluding hydrogens is 282 g/mol. The Labute approximate surface area is 130 Å². The van der Waals surface area contributed by atoms with Crippen LogP contribution in [0.1, 0.15) is 20.3 Å². The van der Waals surface area contributed by atoms with Crippen molar-refractivity contribution in [1.82, 2.24) is 14.5 Å². The molecule has 1 aliphatic rings. The second-order valence-corrected chi connectivity index (χ2v) is 6.06. The molecule has 0 amide bonds. The Kier molecular flexibility index (Phi) is 4.31. The van der Waals surface area contributed by atoms with Crippen LogP contribution < -0.4 is 4.74 Å². The number of aromatic amines is 1. The lowest BCUT2D eigenvalue weighted by atomic mass is 10.1. The van der Waals surface area contributed by atoms with Crippen molar-refractivity contribution in [3.05, 3.63) is 23.0 Å². The second-order valence-electron chi connectivity index (χ2n) is 5.67. The van der Waals surface area contributed by atoms with Gasteiger partial charge in [0.25, 0.3) is 0 Å². The third kappa shape index (κ3) is 2.85. The first-order valence-corrected chi connectivity index (χ1v) is 8.20. The molecule has 1 atom stereocenters. The number of hydrogen-bond acceptors (Lipinski definition) is 3. The predicted molar refractivity (Wildman–Crippen MR) is 88.5 cm³/mol. The maximum Gasteiger partial charge on any atom is 0.178 e. The molecule has 1 aromatic heterocycles. The van der Waals surface area contributed by atoms with Crippen molar-refractivity contribution in [2.75, 3.05) is 26.2 Å². The highest BCUT2D eigenvalue weighted by Crippen LogP contribution is 2.27. The minimum atomic E-state index is 0.666. The largest absolute Gasteiger partial charge is 0.492 e. The van der Waals surface area contributed by atoms with Crippen molar-refractivity contribution in [1.29, 1.82) is 0 Å². The number of nitrogens with zero attached hydrogens (tertiary/aromatic N) is 2. The SMILES string of the molecule is CCOc1cccc2c1[nH]c(=S)n2CC1CCN(CC)C1. The molecule has 1 N–H and O–H groups in total. The Bertz CT molecular complexity index is 676. The Morgan fingerprint density at radius 2 is 2.24 bits per heavy atom. The van der Waals surface area contributed by atoms with Crippen molar-refractivity contribution in [2.24, 2.45) is 5.92 Å². The Morgan fingerprint density at radius 1 is 1.38 bits per heavy atom. The number of imidazole rings is 1. The van der Waals surface area contributed by atoms with Crippen LogP contribution >= 0.6 is 12.2 Å². The summed E-state index contributed by atoms with van der Waals surface area (Å²) in [5.41, 5.74) is 2.18. The van der Waals surface area contributed by atoms with Crippen LogP contribution in [0, 0.1) is 10.7 Å². The first-order chi connectivity index (χ1) is 10.2. The number of fused-ring (bicyclic) bond motifs is 1. The number of para-hydroxylation sites is 1. The standard InChI is InChI=1S/C16H23N3OS/c1-3-18-9-8-12(10-18)11-19-13-6-5-7-14(20-4-2)15(13)17-16(19)21/h5-7,12H,3-4,8-11H2,1-2H3,(H,17,21). The number of ether oxygens (including phenoxy) is 1. The summed E-state index contributed by atoms with van der Waals surface area (Å²) in [6.07, 6.45) is 1.26. The maximum atomic E-state index is 5.69. The van der Waals surface area contributed by atoms with Gasteiger partial charge in [-0.15, -0.1) is 0 Å². The van der Waals surface area contributed by atoms with Gasteiger partial charge in [0, 0.05) is 13.1 Å². The van der Waals surface area contributed by atoms with Gasteiger partial charge in [0.2, 0.25) is 0 Å². The van der Waals surface area contributed by atoms with E-state index in [1.807, 2.05) is 19.1 Å². The smallest absolute Gasteiger partial charge is 0.178 e. The third-order valence-electron chi connectivity index (χ3n) is 4.33. The molecule has 1 aromatic carbocycles. The average Bonchev–Trinajstić information content (AvgIpc) is 3.06. The van der Waals surface area contributed by atoms with E-state index in [-0.39, 0.29) is 0 Å². The van der Waals surface area contributed by atoms with Crippen molar-refractivity contribution in [3.63, 3.8) is 0 Å². The minimum Gasteiger partial charge on any atom is -0.492 e. The van der Waals surface area contributed by atoms with Crippen LogP contribution in [0.3, 0.4) is 0 Å². The zero-order valence-corrected chi connectivity index (χ0v) is 13.6. The van der Waals surface area contributed by atoms with Crippen LogP contribution in [-0.2, 0) is 6.54 Å². The molecule has 0 aliphatic carbocycles. The van der Waals surface area contributed by atoms with Crippen LogP contribution in [-0.4, -0.2) is 40.7 Å². The zero-order chi connectivity index (χ0) is 14.8. The highest BCUT2D eigenvalue weighted by atomic mass is 32.1. The molecule has 1 unspecified atom stereocenters. The van der Waals surface area contributed by atoms with E-state index in [2.05, 4.69) is 27.4 Å². The Morgan fingerprint density at radius 3 is 2.95 bits per heavy atom. The average molecular weight is 305 g/mol. The number of likely N-dealkylation sites (tertiary alicyclic amines) is 1. The summed E-state index contributed by atoms with van der Waals surface area (Å²) >= 11 is 5.53. The number of aromatic nitrogens is 2. The molecule has 4 nitrogen and oxygen atoms in total. The van der Waals surface area contributed by atoms with Gasteiger partial charge < -0.3 is 19.2 Å². The zero-order valence-electron chi connectivity index (χ0n) is 12.8. The van der Waals surface area contributed by atoms with E-state index in [4.69, 9.17) is 17.0 Å². The molecule has 2 heterocycles. The van der Waals surface area contributed by atoms with Crippen LogP contribution in [0.2, 0.25) is 0 Å². The van der Waals surface area contributed by atoms with Gasteiger partial charge >= 0.3 is 0 Å². The predicted octanol–water partition coefficient (Wildman–Crippen LogP) is 3.44. The summed E-state index contributed by atoms with van der Waals surface area (Å²) in [5.74, 6) is 1.58. The fraction of sp³-hybridized carbons (Fsp3) is 0.562. The van der Waals surface area contributed by atoms with Crippen LogP contribution in [0.15, 0.2) is 18.2 Å². The molecule has 0 bridgehead atoms. The number of hydrogen-bond donors (Lipinski definition) is 1. The van der Waals surface area contributed by atoms with Gasteiger partial charge in [0.1, 0.15) is 11.3 Å². The van der Waals surface area contributed by atoms with Crippen LogP contribution in [0.4, 0.5) is 0 Å². The summed E-state index contributed by atoms with van der Waals surface area (Å²) in [6.45, 7) is 9.42. The Hall–Kier alpha value is -1.33. The lowest BCUT2D eigenvalue weighted by Gasteiger charge is -2.14. The summed E-state index contributed by atoms with van der Waals surface area (Å²) in [5, 5.41) is 0. The quantitative estimate of drug-likeness (QED) is 0.859. The van der Waals surface area contributed by atoms with Gasteiger partial charge in [0.05, 0.1) is 12.1 Å². The van der Waals surface area contributed by atoms with Crippen molar-refractivity contribution in [2.45, 2.75) is 26.8 Å². The maximum absolute atomic E-state index is 5.69. The number of nitrogens with one attached hydrogen (secondary N) is 1. The van der Waals surface area contributed by atoms with E-state index in [0.29, 0.717) is 12.5 Å². The summed E-state index contributed by atoms with van der Waals surface area (Å²) in [7, 11) is 0.